The molecule has 5 nitrogen and oxygen atoms in total. The number of carbonyl (C=O) groups is 1. The van der Waals surface area contributed by atoms with Crippen molar-refractivity contribution >= 4 is 5.78 Å². The number of methoxy groups -OCH3 is 1. The molecule has 0 saturated carbocycles. The van der Waals surface area contributed by atoms with Gasteiger partial charge in [0, 0.05) is 45.3 Å². The summed E-state index contributed by atoms with van der Waals surface area (Å²) in [4.78, 5) is 11.6. The average molecular weight is 255 g/mol. The van der Waals surface area contributed by atoms with Gasteiger partial charge in [0.15, 0.2) is 5.78 Å². The summed E-state index contributed by atoms with van der Waals surface area (Å²) in [6, 6.07) is 1.79. The Morgan fingerprint density at radius 2 is 2.00 bits per heavy atom. The fourth-order valence-electron chi connectivity index (χ4n) is 1.42. The monoisotopic (exact) mass is 255 g/mol. The van der Waals surface area contributed by atoms with E-state index in [1.54, 1.807) is 19.4 Å². The molecule has 0 aliphatic rings. The van der Waals surface area contributed by atoms with E-state index < -0.39 is 0 Å². The molecule has 5 heteroatoms. The number of carbonyl (C=O) groups excluding carboxylic acids is 1. The summed E-state index contributed by atoms with van der Waals surface area (Å²) in [5, 5.41) is 0. The van der Waals surface area contributed by atoms with Gasteiger partial charge in [0.1, 0.15) is 6.61 Å². The molecule has 18 heavy (non-hydrogen) atoms. The first kappa shape index (κ1) is 14.9. The molecule has 0 aromatic carbocycles. The van der Waals surface area contributed by atoms with Crippen LogP contribution in [0.5, 0.6) is 0 Å². The smallest absolute Gasteiger partial charge is 0.189 e. The van der Waals surface area contributed by atoms with Gasteiger partial charge in [-0.25, -0.2) is 0 Å². The van der Waals surface area contributed by atoms with Gasteiger partial charge in [0.25, 0.3) is 0 Å². The second-order valence-corrected chi connectivity index (χ2v) is 4.00. The maximum absolute atomic E-state index is 11.6. The van der Waals surface area contributed by atoms with Crippen LogP contribution in [-0.2, 0) is 21.3 Å². The van der Waals surface area contributed by atoms with Crippen LogP contribution in [0.25, 0.3) is 0 Å². The fourth-order valence-corrected chi connectivity index (χ4v) is 1.42. The standard InChI is InChI=1S/C13H21NO4/c1-14-5-4-12(10-14)13(15)11-18-7-3-6-17-9-8-16-2/h4-5,10H,3,6-9,11H2,1-2H3. The molecule has 0 aliphatic carbocycles. The van der Waals surface area contributed by atoms with Gasteiger partial charge in [-0.1, -0.05) is 0 Å². The summed E-state index contributed by atoms with van der Waals surface area (Å²) in [7, 11) is 3.52. The molecule has 1 heterocycles. The summed E-state index contributed by atoms with van der Waals surface area (Å²) in [5.74, 6) is 0.0101. The van der Waals surface area contributed by atoms with Crippen molar-refractivity contribution in [1.82, 2.24) is 4.57 Å². The van der Waals surface area contributed by atoms with Crippen molar-refractivity contribution in [2.24, 2.45) is 7.05 Å². The molecule has 0 aliphatic heterocycles. The molecule has 1 aromatic heterocycles. The predicted molar refractivity (Wildman–Crippen MR) is 67.9 cm³/mol. The van der Waals surface area contributed by atoms with Crippen molar-refractivity contribution in [3.05, 3.63) is 24.0 Å². The first-order chi connectivity index (χ1) is 8.74. The normalized spacial score (nSPS) is 10.8. The van der Waals surface area contributed by atoms with E-state index in [4.69, 9.17) is 14.2 Å². The Morgan fingerprint density at radius 1 is 1.22 bits per heavy atom. The molecule has 1 aromatic rings. The molecule has 0 atom stereocenters. The lowest BCUT2D eigenvalue weighted by Gasteiger charge is -2.04. The highest BCUT2D eigenvalue weighted by Gasteiger charge is 2.06. The van der Waals surface area contributed by atoms with Crippen LogP contribution in [-0.4, -0.2) is 50.5 Å². The molecule has 0 bridgehead atoms. The maximum atomic E-state index is 11.6. The lowest BCUT2D eigenvalue weighted by Crippen LogP contribution is -2.11. The Morgan fingerprint density at radius 3 is 2.67 bits per heavy atom. The van der Waals surface area contributed by atoms with E-state index in [0.717, 1.165) is 6.42 Å². The Hall–Kier alpha value is -1.17. The molecule has 0 unspecified atom stereocenters. The van der Waals surface area contributed by atoms with Crippen molar-refractivity contribution in [3.63, 3.8) is 0 Å². The molecule has 102 valence electrons. The van der Waals surface area contributed by atoms with Gasteiger partial charge in [-0.15, -0.1) is 0 Å². The molecule has 0 saturated heterocycles. The lowest BCUT2D eigenvalue weighted by atomic mass is 10.2. The Balaban J connectivity index is 1.99. The molecule has 1 rings (SSSR count). The molecule has 0 amide bonds. The third kappa shape index (κ3) is 5.95. The molecular weight excluding hydrogens is 234 g/mol. The van der Waals surface area contributed by atoms with E-state index in [2.05, 4.69) is 0 Å². The van der Waals surface area contributed by atoms with Crippen LogP contribution in [0, 0.1) is 0 Å². The number of hydrogen-bond acceptors (Lipinski definition) is 4. The van der Waals surface area contributed by atoms with E-state index in [0.29, 0.717) is 32.0 Å². The molecule has 0 radical (unpaired) electrons. The highest BCUT2D eigenvalue weighted by atomic mass is 16.5. The largest absolute Gasteiger partial charge is 0.382 e. The summed E-state index contributed by atoms with van der Waals surface area (Å²) in [6.07, 6.45) is 4.42. The van der Waals surface area contributed by atoms with Gasteiger partial charge in [-0.2, -0.15) is 0 Å². The van der Waals surface area contributed by atoms with Crippen molar-refractivity contribution in [3.8, 4) is 0 Å². The topological polar surface area (TPSA) is 49.7 Å². The van der Waals surface area contributed by atoms with Crippen LogP contribution in [0.2, 0.25) is 0 Å². The molecule has 0 spiro atoms. The van der Waals surface area contributed by atoms with Crippen LogP contribution in [0.3, 0.4) is 0 Å². The number of aryl methyl sites for hydroxylation is 1. The summed E-state index contributed by atoms with van der Waals surface area (Å²) in [6.45, 7) is 2.49. The summed E-state index contributed by atoms with van der Waals surface area (Å²) < 4.78 is 17.3. The van der Waals surface area contributed by atoms with Crippen LogP contribution in [0.15, 0.2) is 18.5 Å². The predicted octanol–water partition coefficient (Wildman–Crippen LogP) is 1.28. The second-order valence-electron chi connectivity index (χ2n) is 4.00. The Kier molecular flexibility index (Phi) is 7.32. The van der Waals surface area contributed by atoms with Crippen LogP contribution in [0.4, 0.5) is 0 Å². The summed E-state index contributed by atoms with van der Waals surface area (Å²) in [5.41, 5.74) is 0.689. The average Bonchev–Trinajstić information content (AvgIpc) is 2.79. The SMILES string of the molecule is COCCOCCCOCC(=O)c1ccn(C)c1. The molecule has 0 fully saturated rings. The lowest BCUT2D eigenvalue weighted by molar-refractivity contribution is 0.0488. The van der Waals surface area contributed by atoms with Gasteiger partial charge < -0.3 is 18.8 Å². The number of Topliss-reactive ketones (excluding diaryl/α,β-unsaturated/α-hetero) is 1. The van der Waals surface area contributed by atoms with Gasteiger partial charge in [-0.3, -0.25) is 4.79 Å². The van der Waals surface area contributed by atoms with E-state index in [1.165, 1.54) is 0 Å². The first-order valence-electron chi connectivity index (χ1n) is 6.03. The van der Waals surface area contributed by atoms with Crippen molar-refractivity contribution < 1.29 is 19.0 Å². The van der Waals surface area contributed by atoms with Gasteiger partial charge in [0.05, 0.1) is 13.2 Å². The minimum absolute atomic E-state index is 0.0101. The number of rotatable bonds is 10. The van der Waals surface area contributed by atoms with E-state index >= 15 is 0 Å². The third-order valence-electron chi connectivity index (χ3n) is 2.40. The highest BCUT2D eigenvalue weighted by Crippen LogP contribution is 2.01. The molecular formula is C13H21NO4. The quantitative estimate of drug-likeness (QED) is 0.467. The highest BCUT2D eigenvalue weighted by molar-refractivity contribution is 5.96. The zero-order valence-electron chi connectivity index (χ0n) is 11.1. The van der Waals surface area contributed by atoms with E-state index in [1.807, 2.05) is 17.8 Å². The number of hydrogen-bond donors (Lipinski definition) is 0. The minimum atomic E-state index is 0.0101. The second kappa shape index (κ2) is 8.85. The zero-order valence-corrected chi connectivity index (χ0v) is 11.1. The van der Waals surface area contributed by atoms with E-state index in [-0.39, 0.29) is 12.4 Å². The third-order valence-corrected chi connectivity index (χ3v) is 2.40. The number of ketones is 1. The maximum Gasteiger partial charge on any atom is 0.189 e. The number of nitrogens with zero attached hydrogens (tertiary/aromatic N) is 1. The minimum Gasteiger partial charge on any atom is -0.382 e. The Bertz CT molecular complexity index is 349. The van der Waals surface area contributed by atoms with Gasteiger partial charge in [0.2, 0.25) is 0 Å². The van der Waals surface area contributed by atoms with Crippen LogP contribution >= 0.6 is 0 Å². The van der Waals surface area contributed by atoms with Crippen molar-refractivity contribution in [1.29, 1.82) is 0 Å². The first-order valence-corrected chi connectivity index (χ1v) is 6.03. The van der Waals surface area contributed by atoms with Gasteiger partial charge >= 0.3 is 0 Å². The fraction of sp³-hybridized carbons (Fsp3) is 0.615. The molecule has 0 N–H and O–H groups in total. The van der Waals surface area contributed by atoms with Crippen molar-refractivity contribution in [2.45, 2.75) is 6.42 Å². The van der Waals surface area contributed by atoms with Crippen LogP contribution in [0.1, 0.15) is 16.8 Å². The van der Waals surface area contributed by atoms with Crippen molar-refractivity contribution in [2.75, 3.05) is 40.1 Å². The number of ether oxygens (including phenoxy) is 3. The Labute approximate surface area is 108 Å². The van der Waals surface area contributed by atoms with E-state index in [9.17, 15) is 4.79 Å². The van der Waals surface area contributed by atoms with Gasteiger partial charge in [-0.05, 0) is 12.5 Å². The zero-order chi connectivity index (χ0) is 13.2. The summed E-state index contributed by atoms with van der Waals surface area (Å²) >= 11 is 0. The van der Waals surface area contributed by atoms with Crippen LogP contribution < -0.4 is 0 Å². The number of aromatic nitrogens is 1.